The number of carbonyl (C=O) groups excluding carboxylic acids is 1. The van der Waals surface area contributed by atoms with Crippen molar-refractivity contribution in [2.75, 3.05) is 5.32 Å². The molecule has 1 N–H and O–H groups in total. The van der Waals surface area contributed by atoms with Crippen LogP contribution in [0, 0.1) is 18.6 Å². The normalized spacial score (nSPS) is 10.9. The van der Waals surface area contributed by atoms with Gasteiger partial charge in [-0.25, -0.2) is 13.8 Å². The molecule has 1 heterocycles. The van der Waals surface area contributed by atoms with Gasteiger partial charge in [0, 0.05) is 13.3 Å². The van der Waals surface area contributed by atoms with Crippen molar-refractivity contribution < 1.29 is 18.0 Å². The van der Waals surface area contributed by atoms with Crippen LogP contribution in [0.5, 0.6) is 0 Å². The fourth-order valence-electron chi connectivity index (χ4n) is 2.32. The zero-order valence-corrected chi connectivity index (χ0v) is 12.4. The molecule has 3 rings (SSSR count). The maximum Gasteiger partial charge on any atom is 0.224 e. The monoisotopic (exact) mass is 316 g/mol. The number of anilines is 1. The van der Waals surface area contributed by atoms with Crippen molar-refractivity contribution in [3.63, 3.8) is 0 Å². The van der Waals surface area contributed by atoms with E-state index in [0.29, 0.717) is 17.9 Å². The Balaban J connectivity index is 1.66. The Morgan fingerprint density at radius 3 is 2.70 bits per heavy atom. The lowest BCUT2D eigenvalue weighted by molar-refractivity contribution is -0.116. The smallest absolute Gasteiger partial charge is 0.224 e. The van der Waals surface area contributed by atoms with Gasteiger partial charge in [-0.05, 0) is 36.2 Å². The summed E-state index contributed by atoms with van der Waals surface area (Å²) in [7, 11) is 0. The highest BCUT2D eigenvalue weighted by Gasteiger charge is 2.12. The van der Waals surface area contributed by atoms with Gasteiger partial charge in [0.05, 0.1) is 0 Å². The Morgan fingerprint density at radius 1 is 1.22 bits per heavy atom. The van der Waals surface area contributed by atoms with Gasteiger partial charge in [-0.3, -0.25) is 4.79 Å². The highest BCUT2D eigenvalue weighted by atomic mass is 19.1. The number of fused-ring (bicyclic) bond motifs is 1. The van der Waals surface area contributed by atoms with Crippen molar-refractivity contribution in [1.29, 1.82) is 0 Å². The number of oxazole rings is 1. The van der Waals surface area contributed by atoms with Gasteiger partial charge in [0.2, 0.25) is 5.91 Å². The Hall–Kier alpha value is -2.76. The first-order valence-corrected chi connectivity index (χ1v) is 7.13. The molecule has 4 nitrogen and oxygen atoms in total. The number of halogens is 2. The van der Waals surface area contributed by atoms with Crippen molar-refractivity contribution in [1.82, 2.24) is 4.98 Å². The first kappa shape index (κ1) is 15.1. The Bertz CT molecular complexity index is 854. The van der Waals surface area contributed by atoms with E-state index in [9.17, 15) is 13.6 Å². The van der Waals surface area contributed by atoms with Crippen LogP contribution >= 0.6 is 0 Å². The highest BCUT2D eigenvalue weighted by molar-refractivity contribution is 5.91. The van der Waals surface area contributed by atoms with E-state index in [1.165, 1.54) is 6.07 Å². The third-order valence-corrected chi connectivity index (χ3v) is 3.43. The summed E-state index contributed by atoms with van der Waals surface area (Å²) in [5.41, 5.74) is 1.89. The lowest BCUT2D eigenvalue weighted by Crippen LogP contribution is -2.14. The number of para-hydroxylation sites is 1. The maximum atomic E-state index is 13.5. The molecule has 0 fully saturated rings. The SMILES string of the molecule is Cc1nc2cc(CCC(=O)Nc3c(F)cccc3F)ccc2o1. The largest absolute Gasteiger partial charge is 0.441 e. The lowest BCUT2D eigenvalue weighted by Gasteiger charge is -2.07. The summed E-state index contributed by atoms with van der Waals surface area (Å²) in [5.74, 6) is -1.47. The number of benzene rings is 2. The van der Waals surface area contributed by atoms with Crippen molar-refractivity contribution in [3.05, 3.63) is 59.5 Å². The van der Waals surface area contributed by atoms with Crippen molar-refractivity contribution in [2.45, 2.75) is 19.8 Å². The van der Waals surface area contributed by atoms with Crippen molar-refractivity contribution in [3.8, 4) is 0 Å². The van der Waals surface area contributed by atoms with Crippen LogP contribution in [0.2, 0.25) is 0 Å². The number of aryl methyl sites for hydroxylation is 2. The maximum absolute atomic E-state index is 13.5. The first-order chi connectivity index (χ1) is 11.0. The molecule has 3 aromatic rings. The van der Waals surface area contributed by atoms with Crippen LogP contribution in [0.1, 0.15) is 17.9 Å². The molecule has 0 radical (unpaired) electrons. The molecular weight excluding hydrogens is 302 g/mol. The summed E-state index contributed by atoms with van der Waals surface area (Å²) in [5, 5.41) is 2.27. The number of nitrogens with one attached hydrogen (secondary N) is 1. The van der Waals surface area contributed by atoms with Crippen LogP contribution < -0.4 is 5.32 Å². The number of nitrogens with zero attached hydrogens (tertiary/aromatic N) is 1. The van der Waals surface area contributed by atoms with Gasteiger partial charge in [-0.2, -0.15) is 0 Å². The molecule has 1 amide bonds. The van der Waals surface area contributed by atoms with Crippen molar-refractivity contribution >= 4 is 22.7 Å². The van der Waals surface area contributed by atoms with E-state index in [1.807, 2.05) is 12.1 Å². The average molecular weight is 316 g/mol. The minimum atomic E-state index is -0.794. The summed E-state index contributed by atoms with van der Waals surface area (Å²) >= 11 is 0. The van der Waals surface area contributed by atoms with E-state index < -0.39 is 23.2 Å². The topological polar surface area (TPSA) is 55.1 Å². The minimum Gasteiger partial charge on any atom is -0.441 e. The molecule has 0 aliphatic rings. The summed E-state index contributed by atoms with van der Waals surface area (Å²) in [6.07, 6.45) is 0.542. The van der Waals surface area contributed by atoms with Crippen LogP contribution in [0.25, 0.3) is 11.1 Å². The van der Waals surface area contributed by atoms with Crippen molar-refractivity contribution in [2.24, 2.45) is 0 Å². The molecule has 1 aromatic heterocycles. The summed E-state index contributed by atoms with van der Waals surface area (Å²) in [6.45, 7) is 1.76. The standard InChI is InChI=1S/C17H14F2N2O2/c1-10-20-14-9-11(5-7-15(14)23-10)6-8-16(22)21-17-12(18)3-2-4-13(17)19/h2-5,7,9H,6,8H2,1H3,(H,21,22). The third-order valence-electron chi connectivity index (χ3n) is 3.43. The Morgan fingerprint density at radius 2 is 1.96 bits per heavy atom. The van der Waals surface area contributed by atoms with E-state index in [-0.39, 0.29) is 6.42 Å². The Kier molecular flexibility index (Phi) is 4.06. The molecular formula is C17H14F2N2O2. The summed E-state index contributed by atoms with van der Waals surface area (Å²) in [6, 6.07) is 8.90. The van der Waals surface area contributed by atoms with Crippen LogP contribution in [0.3, 0.4) is 0 Å². The predicted octanol–water partition coefficient (Wildman–Crippen LogP) is 3.99. The van der Waals surface area contributed by atoms with Crippen LogP contribution in [-0.4, -0.2) is 10.9 Å². The first-order valence-electron chi connectivity index (χ1n) is 7.13. The molecule has 6 heteroatoms. The van der Waals surface area contributed by atoms with E-state index >= 15 is 0 Å². The van der Waals surface area contributed by atoms with Gasteiger partial charge < -0.3 is 9.73 Å². The van der Waals surface area contributed by atoms with Crippen LogP contribution in [0.15, 0.2) is 40.8 Å². The molecule has 0 aliphatic carbocycles. The molecule has 0 aliphatic heterocycles. The second-order valence-corrected chi connectivity index (χ2v) is 5.18. The quantitative estimate of drug-likeness (QED) is 0.792. The zero-order chi connectivity index (χ0) is 16.4. The summed E-state index contributed by atoms with van der Waals surface area (Å²) < 4.78 is 32.3. The van der Waals surface area contributed by atoms with Gasteiger partial charge in [0.1, 0.15) is 22.8 Å². The molecule has 0 atom stereocenters. The fourth-order valence-corrected chi connectivity index (χ4v) is 2.32. The molecule has 0 saturated heterocycles. The van der Waals surface area contributed by atoms with E-state index in [0.717, 1.165) is 23.2 Å². The van der Waals surface area contributed by atoms with Crippen LogP contribution in [0.4, 0.5) is 14.5 Å². The van der Waals surface area contributed by atoms with Gasteiger partial charge in [0.25, 0.3) is 0 Å². The summed E-state index contributed by atoms with van der Waals surface area (Å²) in [4.78, 5) is 16.1. The van der Waals surface area contributed by atoms with Gasteiger partial charge in [0.15, 0.2) is 11.5 Å². The minimum absolute atomic E-state index is 0.107. The molecule has 118 valence electrons. The number of hydrogen-bond donors (Lipinski definition) is 1. The fraction of sp³-hybridized carbons (Fsp3) is 0.176. The highest BCUT2D eigenvalue weighted by Crippen LogP contribution is 2.20. The number of carbonyl (C=O) groups is 1. The number of rotatable bonds is 4. The second-order valence-electron chi connectivity index (χ2n) is 5.18. The predicted molar refractivity (Wildman–Crippen MR) is 82.1 cm³/mol. The van der Waals surface area contributed by atoms with E-state index in [4.69, 9.17) is 4.42 Å². The molecule has 23 heavy (non-hydrogen) atoms. The molecule has 0 saturated carbocycles. The van der Waals surface area contributed by atoms with Gasteiger partial charge in [-0.1, -0.05) is 12.1 Å². The van der Waals surface area contributed by atoms with Gasteiger partial charge >= 0.3 is 0 Å². The van der Waals surface area contributed by atoms with E-state index in [1.54, 1.807) is 13.0 Å². The number of amides is 1. The second kappa shape index (κ2) is 6.16. The lowest BCUT2D eigenvalue weighted by atomic mass is 10.1. The third kappa shape index (κ3) is 3.36. The Labute approximate surface area is 131 Å². The molecule has 0 bridgehead atoms. The zero-order valence-electron chi connectivity index (χ0n) is 12.4. The number of hydrogen-bond acceptors (Lipinski definition) is 3. The molecule has 0 unspecified atom stereocenters. The molecule has 2 aromatic carbocycles. The van der Waals surface area contributed by atoms with Crippen LogP contribution in [-0.2, 0) is 11.2 Å². The number of aromatic nitrogens is 1. The average Bonchev–Trinajstić information content (AvgIpc) is 2.88. The van der Waals surface area contributed by atoms with E-state index in [2.05, 4.69) is 10.3 Å². The van der Waals surface area contributed by atoms with Gasteiger partial charge in [-0.15, -0.1) is 0 Å². The molecule has 0 spiro atoms.